The lowest BCUT2D eigenvalue weighted by molar-refractivity contribution is 0.0951. The molecule has 2 heterocycles. The maximum absolute atomic E-state index is 12.4. The number of nitrogens with zero attached hydrogens (tertiary/aromatic N) is 2. The van der Waals surface area contributed by atoms with E-state index in [1.54, 1.807) is 30.6 Å². The van der Waals surface area contributed by atoms with Crippen molar-refractivity contribution in [1.29, 1.82) is 0 Å². The summed E-state index contributed by atoms with van der Waals surface area (Å²) in [4.78, 5) is 16.4. The van der Waals surface area contributed by atoms with Gasteiger partial charge in [-0.3, -0.25) is 14.1 Å². The molecule has 0 bridgehead atoms. The molecular weight excluding hydrogens is 362 g/mol. The van der Waals surface area contributed by atoms with E-state index in [0.29, 0.717) is 35.8 Å². The second-order valence-corrected chi connectivity index (χ2v) is 8.23. The fraction of sp³-hybridized carbons (Fsp3) is 0.294. The van der Waals surface area contributed by atoms with Crippen LogP contribution in [0.5, 0.6) is 0 Å². The predicted octanol–water partition coefficient (Wildman–Crippen LogP) is 2.60. The molecule has 1 N–H and O–H groups in total. The van der Waals surface area contributed by atoms with Crippen LogP contribution in [0, 0.1) is 0 Å². The first-order valence-electron chi connectivity index (χ1n) is 7.94. The quantitative estimate of drug-likeness (QED) is 0.885. The van der Waals surface area contributed by atoms with Crippen molar-refractivity contribution in [3.8, 4) is 0 Å². The Balaban J connectivity index is 1.80. The summed E-state index contributed by atoms with van der Waals surface area (Å²) in [6.07, 6.45) is 4.75. The van der Waals surface area contributed by atoms with Gasteiger partial charge in [-0.15, -0.1) is 0 Å². The number of carbonyl (C=O) groups excluding carboxylic acids is 1. The number of carbonyl (C=O) groups is 1. The van der Waals surface area contributed by atoms with Crippen LogP contribution in [0.25, 0.3) is 0 Å². The first-order chi connectivity index (χ1) is 12.0. The molecule has 6 nitrogen and oxygen atoms in total. The number of rotatable bonds is 4. The van der Waals surface area contributed by atoms with Gasteiger partial charge >= 0.3 is 0 Å². The van der Waals surface area contributed by atoms with Gasteiger partial charge in [0, 0.05) is 31.0 Å². The summed E-state index contributed by atoms with van der Waals surface area (Å²) in [5.41, 5.74) is 1.60. The summed E-state index contributed by atoms with van der Waals surface area (Å²) in [5, 5.41) is 3.11. The first kappa shape index (κ1) is 17.7. The van der Waals surface area contributed by atoms with Crippen LogP contribution in [-0.2, 0) is 16.6 Å². The van der Waals surface area contributed by atoms with Crippen LogP contribution in [0.15, 0.2) is 42.7 Å². The molecule has 2 aromatic rings. The van der Waals surface area contributed by atoms with E-state index in [-0.39, 0.29) is 11.7 Å². The lowest BCUT2D eigenvalue weighted by Crippen LogP contribution is -2.38. The van der Waals surface area contributed by atoms with E-state index in [9.17, 15) is 13.2 Å². The van der Waals surface area contributed by atoms with Gasteiger partial charge in [0.05, 0.1) is 16.5 Å². The molecule has 0 atom stereocenters. The average molecular weight is 380 g/mol. The molecule has 1 aromatic heterocycles. The number of hydrogen-bond acceptors (Lipinski definition) is 4. The molecule has 0 spiro atoms. The normalized spacial score (nSPS) is 16.4. The summed E-state index contributed by atoms with van der Waals surface area (Å²) in [6, 6.07) is 8.33. The van der Waals surface area contributed by atoms with Crippen molar-refractivity contribution in [2.75, 3.05) is 16.6 Å². The highest BCUT2D eigenvalue weighted by atomic mass is 35.5. The van der Waals surface area contributed by atoms with E-state index >= 15 is 0 Å². The van der Waals surface area contributed by atoms with Crippen LogP contribution in [0.3, 0.4) is 0 Å². The third-order valence-corrected chi connectivity index (χ3v) is 6.18. The maximum Gasteiger partial charge on any atom is 0.251 e. The van der Waals surface area contributed by atoms with Gasteiger partial charge in [-0.2, -0.15) is 0 Å². The highest BCUT2D eigenvalue weighted by Gasteiger charge is 2.28. The summed E-state index contributed by atoms with van der Waals surface area (Å²) in [5.74, 6) is -0.197. The van der Waals surface area contributed by atoms with Gasteiger partial charge in [0.15, 0.2) is 0 Å². The van der Waals surface area contributed by atoms with E-state index in [2.05, 4.69) is 10.3 Å². The molecule has 1 aliphatic rings. The molecule has 1 amide bonds. The predicted molar refractivity (Wildman–Crippen MR) is 97.2 cm³/mol. The third kappa shape index (κ3) is 4.11. The smallest absolute Gasteiger partial charge is 0.251 e. The van der Waals surface area contributed by atoms with Crippen molar-refractivity contribution in [2.45, 2.75) is 19.4 Å². The van der Waals surface area contributed by atoms with Crippen LogP contribution in [-0.4, -0.2) is 31.6 Å². The lowest BCUT2D eigenvalue weighted by Gasteiger charge is -2.29. The minimum Gasteiger partial charge on any atom is -0.348 e. The molecule has 0 aliphatic carbocycles. The summed E-state index contributed by atoms with van der Waals surface area (Å²) >= 11 is 6.19. The fourth-order valence-electron chi connectivity index (χ4n) is 2.69. The summed E-state index contributed by atoms with van der Waals surface area (Å²) in [6.45, 7) is 0.718. The van der Waals surface area contributed by atoms with Gasteiger partial charge in [0.25, 0.3) is 5.91 Å². The van der Waals surface area contributed by atoms with Gasteiger partial charge in [-0.25, -0.2) is 8.42 Å². The Morgan fingerprint density at radius 3 is 2.84 bits per heavy atom. The summed E-state index contributed by atoms with van der Waals surface area (Å²) in [7, 11) is -3.39. The zero-order valence-corrected chi connectivity index (χ0v) is 15.1. The Bertz CT molecular complexity index is 872. The largest absolute Gasteiger partial charge is 0.348 e. The minimum absolute atomic E-state index is 0.0980. The molecule has 1 aliphatic heterocycles. The maximum atomic E-state index is 12.4. The number of benzene rings is 1. The van der Waals surface area contributed by atoms with Gasteiger partial charge in [0.1, 0.15) is 0 Å². The number of nitrogens with one attached hydrogen (secondary N) is 1. The number of anilines is 1. The van der Waals surface area contributed by atoms with Crippen LogP contribution in [0.1, 0.15) is 28.8 Å². The van der Waals surface area contributed by atoms with Crippen molar-refractivity contribution in [3.63, 3.8) is 0 Å². The number of sulfonamides is 1. The average Bonchev–Trinajstić information content (AvgIpc) is 2.61. The Labute approximate surface area is 151 Å². The highest BCUT2D eigenvalue weighted by molar-refractivity contribution is 7.92. The Morgan fingerprint density at radius 1 is 1.28 bits per heavy atom. The number of pyridine rings is 1. The SMILES string of the molecule is O=C(NCc1cccnc1)c1ccc(Cl)c(N2CCCCS2(=O)=O)c1. The Hall–Kier alpha value is -2.12. The van der Waals surface area contributed by atoms with Crippen LogP contribution in [0.4, 0.5) is 5.69 Å². The molecule has 8 heteroatoms. The second-order valence-electron chi connectivity index (χ2n) is 5.81. The monoisotopic (exact) mass is 379 g/mol. The van der Waals surface area contributed by atoms with Gasteiger partial charge in [-0.1, -0.05) is 17.7 Å². The van der Waals surface area contributed by atoms with Crippen LogP contribution >= 0.6 is 11.6 Å². The van der Waals surface area contributed by atoms with E-state index in [4.69, 9.17) is 11.6 Å². The van der Waals surface area contributed by atoms with Crippen LogP contribution in [0.2, 0.25) is 5.02 Å². The molecule has 1 saturated heterocycles. The van der Waals surface area contributed by atoms with E-state index in [1.807, 2.05) is 6.07 Å². The van der Waals surface area contributed by atoms with Crippen molar-refractivity contribution >= 4 is 33.2 Å². The minimum atomic E-state index is -3.39. The Kier molecular flexibility index (Phi) is 5.24. The zero-order chi connectivity index (χ0) is 17.9. The lowest BCUT2D eigenvalue weighted by atomic mass is 10.1. The van der Waals surface area contributed by atoms with Gasteiger partial charge in [0.2, 0.25) is 10.0 Å². The van der Waals surface area contributed by atoms with Crippen LogP contribution < -0.4 is 9.62 Å². The van der Waals surface area contributed by atoms with E-state index < -0.39 is 10.0 Å². The molecule has 0 radical (unpaired) electrons. The standard InChI is InChI=1S/C17H18ClN3O3S/c18-15-6-5-14(17(22)20-12-13-4-3-7-19-11-13)10-16(15)21-8-1-2-9-25(21,23)24/h3-7,10-11H,1-2,8-9,12H2,(H,20,22). The first-order valence-corrected chi connectivity index (χ1v) is 9.93. The number of aromatic nitrogens is 1. The van der Waals surface area contributed by atoms with Crippen molar-refractivity contribution in [2.24, 2.45) is 0 Å². The van der Waals surface area contributed by atoms with Crippen molar-refractivity contribution in [1.82, 2.24) is 10.3 Å². The number of hydrogen-bond donors (Lipinski definition) is 1. The summed E-state index contributed by atoms with van der Waals surface area (Å²) < 4.78 is 25.9. The molecular formula is C17H18ClN3O3S. The topological polar surface area (TPSA) is 79.4 Å². The van der Waals surface area contributed by atoms with Gasteiger partial charge in [-0.05, 0) is 42.7 Å². The zero-order valence-electron chi connectivity index (χ0n) is 13.5. The Morgan fingerprint density at radius 2 is 2.12 bits per heavy atom. The second kappa shape index (κ2) is 7.41. The number of amides is 1. The van der Waals surface area contributed by atoms with E-state index in [1.165, 1.54) is 10.4 Å². The molecule has 3 rings (SSSR count). The van der Waals surface area contributed by atoms with Crippen molar-refractivity contribution in [3.05, 3.63) is 58.9 Å². The molecule has 1 aromatic carbocycles. The third-order valence-electron chi connectivity index (χ3n) is 4.00. The van der Waals surface area contributed by atoms with Gasteiger partial charge < -0.3 is 5.32 Å². The highest BCUT2D eigenvalue weighted by Crippen LogP contribution is 2.31. The molecule has 0 unspecified atom stereocenters. The molecule has 1 fully saturated rings. The number of halogens is 1. The fourth-order valence-corrected chi connectivity index (χ4v) is 4.61. The molecule has 0 saturated carbocycles. The van der Waals surface area contributed by atoms with E-state index in [0.717, 1.165) is 12.0 Å². The molecule has 132 valence electrons. The molecule has 25 heavy (non-hydrogen) atoms. The van der Waals surface area contributed by atoms with Crippen molar-refractivity contribution < 1.29 is 13.2 Å².